The normalized spacial score (nSPS) is 10.2. The summed E-state index contributed by atoms with van der Waals surface area (Å²) in [4.78, 5) is 23.0. The van der Waals surface area contributed by atoms with Gasteiger partial charge in [-0.25, -0.2) is 4.79 Å². The number of anilines is 1. The van der Waals surface area contributed by atoms with E-state index in [1.807, 2.05) is 0 Å². The fraction of sp³-hybridized carbons (Fsp3) is 0.0667. The van der Waals surface area contributed by atoms with E-state index in [4.69, 9.17) is 16.7 Å². The molecule has 108 valence electrons. The summed E-state index contributed by atoms with van der Waals surface area (Å²) in [6.07, 6.45) is 0.120. The molecule has 6 heteroatoms. The van der Waals surface area contributed by atoms with Gasteiger partial charge in [-0.15, -0.1) is 0 Å². The second-order valence-electron chi connectivity index (χ2n) is 4.35. The van der Waals surface area contributed by atoms with Crippen LogP contribution in [-0.2, 0) is 11.2 Å². The van der Waals surface area contributed by atoms with Crippen molar-refractivity contribution in [3.63, 3.8) is 0 Å². The number of hydrogen-bond acceptors (Lipinski definition) is 2. The van der Waals surface area contributed by atoms with Crippen LogP contribution in [0.4, 0.5) is 5.69 Å². The van der Waals surface area contributed by atoms with Gasteiger partial charge in [-0.3, -0.25) is 4.79 Å². The highest BCUT2D eigenvalue weighted by atomic mass is 79.9. The molecule has 0 saturated heterocycles. The van der Waals surface area contributed by atoms with Crippen molar-refractivity contribution in [2.24, 2.45) is 0 Å². The molecular weight excluding hydrogens is 358 g/mol. The maximum atomic E-state index is 12.0. The topological polar surface area (TPSA) is 66.4 Å². The van der Waals surface area contributed by atoms with Gasteiger partial charge in [-0.2, -0.15) is 0 Å². The Morgan fingerprint density at radius 1 is 1.19 bits per heavy atom. The number of amides is 1. The minimum atomic E-state index is -1.06. The van der Waals surface area contributed by atoms with Crippen LogP contribution in [-0.4, -0.2) is 17.0 Å². The first-order chi connectivity index (χ1) is 9.95. The van der Waals surface area contributed by atoms with Crippen molar-refractivity contribution in [2.75, 3.05) is 5.32 Å². The van der Waals surface area contributed by atoms with Crippen molar-refractivity contribution in [1.82, 2.24) is 0 Å². The first-order valence-corrected chi connectivity index (χ1v) is 7.20. The fourth-order valence-corrected chi connectivity index (χ4v) is 2.50. The van der Waals surface area contributed by atoms with Crippen LogP contribution in [0.1, 0.15) is 15.9 Å². The van der Waals surface area contributed by atoms with Gasteiger partial charge in [0.15, 0.2) is 0 Å². The van der Waals surface area contributed by atoms with Gasteiger partial charge in [0.25, 0.3) is 0 Å². The van der Waals surface area contributed by atoms with E-state index in [9.17, 15) is 9.59 Å². The molecule has 2 aromatic rings. The molecule has 0 aliphatic carbocycles. The number of carbonyl (C=O) groups excluding carboxylic acids is 1. The Bertz CT molecular complexity index is 703. The van der Waals surface area contributed by atoms with E-state index >= 15 is 0 Å². The minimum Gasteiger partial charge on any atom is -0.478 e. The summed E-state index contributed by atoms with van der Waals surface area (Å²) >= 11 is 9.21. The predicted molar refractivity (Wildman–Crippen MR) is 84.9 cm³/mol. The molecule has 2 rings (SSSR count). The largest absolute Gasteiger partial charge is 0.478 e. The number of benzene rings is 2. The summed E-state index contributed by atoms with van der Waals surface area (Å²) in [5.41, 5.74) is 1.22. The summed E-state index contributed by atoms with van der Waals surface area (Å²) in [7, 11) is 0. The maximum Gasteiger partial charge on any atom is 0.335 e. The van der Waals surface area contributed by atoms with Gasteiger partial charge < -0.3 is 10.4 Å². The van der Waals surface area contributed by atoms with Crippen molar-refractivity contribution < 1.29 is 14.7 Å². The third-order valence-corrected chi connectivity index (χ3v) is 3.56. The highest BCUT2D eigenvalue weighted by Gasteiger charge is 2.10. The van der Waals surface area contributed by atoms with E-state index in [-0.39, 0.29) is 17.9 Å². The number of nitrogens with one attached hydrogen (secondary N) is 1. The second kappa shape index (κ2) is 6.74. The van der Waals surface area contributed by atoms with Gasteiger partial charge in [0.05, 0.1) is 12.0 Å². The van der Waals surface area contributed by atoms with Crippen LogP contribution in [0.15, 0.2) is 46.9 Å². The van der Waals surface area contributed by atoms with Gasteiger partial charge in [-0.05, 0) is 29.8 Å². The average molecular weight is 369 g/mol. The van der Waals surface area contributed by atoms with Crippen LogP contribution in [0.25, 0.3) is 0 Å². The smallest absolute Gasteiger partial charge is 0.335 e. The van der Waals surface area contributed by atoms with Gasteiger partial charge in [0, 0.05) is 15.2 Å². The van der Waals surface area contributed by atoms with E-state index in [0.717, 1.165) is 0 Å². The van der Waals surface area contributed by atoms with E-state index in [1.165, 1.54) is 12.1 Å². The first kappa shape index (κ1) is 15.5. The molecule has 4 nitrogen and oxygen atoms in total. The Balaban J connectivity index is 2.13. The molecular formula is C15H11BrClNO3. The highest BCUT2D eigenvalue weighted by Crippen LogP contribution is 2.21. The van der Waals surface area contributed by atoms with Crippen LogP contribution in [0.5, 0.6) is 0 Å². The van der Waals surface area contributed by atoms with Crippen LogP contribution in [0.2, 0.25) is 5.02 Å². The number of carbonyl (C=O) groups is 2. The molecule has 0 aliphatic heterocycles. The van der Waals surface area contributed by atoms with Crippen molar-refractivity contribution >= 4 is 45.1 Å². The summed E-state index contributed by atoms with van der Waals surface area (Å²) in [5.74, 6) is -1.32. The molecule has 1 amide bonds. The Labute approximate surface area is 134 Å². The molecule has 2 aromatic carbocycles. The predicted octanol–water partition coefficient (Wildman–Crippen LogP) is 3.98. The number of carboxylic acid groups (broad SMARTS) is 1. The summed E-state index contributed by atoms with van der Waals surface area (Å²) < 4.78 is 0.579. The van der Waals surface area contributed by atoms with Crippen LogP contribution < -0.4 is 5.32 Å². The van der Waals surface area contributed by atoms with Crippen molar-refractivity contribution in [3.05, 3.63) is 63.1 Å². The Kier molecular flexibility index (Phi) is 4.98. The van der Waals surface area contributed by atoms with Crippen molar-refractivity contribution in [1.29, 1.82) is 0 Å². The molecule has 0 saturated carbocycles. The van der Waals surface area contributed by atoms with Crippen molar-refractivity contribution in [3.8, 4) is 0 Å². The second-order valence-corrected chi connectivity index (χ2v) is 5.67. The lowest BCUT2D eigenvalue weighted by molar-refractivity contribution is -0.115. The molecule has 0 atom stereocenters. The zero-order chi connectivity index (χ0) is 15.4. The minimum absolute atomic E-state index is 0.0948. The summed E-state index contributed by atoms with van der Waals surface area (Å²) in [6.45, 7) is 0. The lowest BCUT2D eigenvalue weighted by Gasteiger charge is -2.08. The SMILES string of the molecule is O=C(Cc1ccccc1Cl)Nc1cc(Br)cc(C(=O)O)c1. The lowest BCUT2D eigenvalue weighted by Crippen LogP contribution is -2.15. The van der Waals surface area contributed by atoms with E-state index in [2.05, 4.69) is 21.2 Å². The fourth-order valence-electron chi connectivity index (χ4n) is 1.81. The number of hydrogen-bond donors (Lipinski definition) is 2. The molecule has 0 aromatic heterocycles. The maximum absolute atomic E-state index is 12.0. The van der Waals surface area contributed by atoms with Crippen LogP contribution in [0.3, 0.4) is 0 Å². The molecule has 0 unspecified atom stereocenters. The number of carboxylic acids is 1. The molecule has 2 N–H and O–H groups in total. The Morgan fingerprint density at radius 2 is 1.90 bits per heavy atom. The van der Waals surface area contributed by atoms with Gasteiger partial charge in [0.1, 0.15) is 0 Å². The Morgan fingerprint density at radius 3 is 2.57 bits per heavy atom. The monoisotopic (exact) mass is 367 g/mol. The molecule has 0 fully saturated rings. The molecule has 21 heavy (non-hydrogen) atoms. The number of rotatable bonds is 4. The lowest BCUT2D eigenvalue weighted by atomic mass is 10.1. The third kappa shape index (κ3) is 4.31. The quantitative estimate of drug-likeness (QED) is 0.858. The van der Waals surface area contributed by atoms with E-state index in [0.29, 0.717) is 20.7 Å². The first-order valence-electron chi connectivity index (χ1n) is 6.03. The van der Waals surface area contributed by atoms with Gasteiger partial charge >= 0.3 is 5.97 Å². The molecule has 0 heterocycles. The summed E-state index contributed by atoms with van der Waals surface area (Å²) in [6, 6.07) is 11.6. The third-order valence-electron chi connectivity index (χ3n) is 2.74. The molecule has 0 spiro atoms. The zero-order valence-electron chi connectivity index (χ0n) is 10.8. The molecule has 0 bridgehead atoms. The van der Waals surface area contributed by atoms with E-state index in [1.54, 1.807) is 30.3 Å². The Hall–Kier alpha value is -1.85. The van der Waals surface area contributed by atoms with Gasteiger partial charge in [-0.1, -0.05) is 45.7 Å². The number of aromatic carboxylic acids is 1. The molecule has 0 aliphatic rings. The average Bonchev–Trinajstić information content (AvgIpc) is 2.40. The highest BCUT2D eigenvalue weighted by molar-refractivity contribution is 9.10. The van der Waals surface area contributed by atoms with Crippen LogP contribution in [0, 0.1) is 0 Å². The standard InChI is InChI=1S/C15H11BrClNO3/c16-11-5-10(15(20)21)6-12(8-11)18-14(19)7-9-3-1-2-4-13(9)17/h1-6,8H,7H2,(H,18,19)(H,20,21). The van der Waals surface area contributed by atoms with E-state index < -0.39 is 5.97 Å². The summed E-state index contributed by atoms with van der Waals surface area (Å²) in [5, 5.41) is 12.2. The zero-order valence-corrected chi connectivity index (χ0v) is 13.1. The van der Waals surface area contributed by atoms with Crippen LogP contribution >= 0.6 is 27.5 Å². The van der Waals surface area contributed by atoms with Crippen molar-refractivity contribution in [2.45, 2.75) is 6.42 Å². The molecule has 0 radical (unpaired) electrons. The number of halogens is 2. The van der Waals surface area contributed by atoms with Gasteiger partial charge in [0.2, 0.25) is 5.91 Å².